The number of pyridine rings is 1. The summed E-state index contributed by atoms with van der Waals surface area (Å²) in [5.74, 6) is 1.94. The molecule has 3 heterocycles. The Kier molecular flexibility index (Phi) is 5.29. The predicted molar refractivity (Wildman–Crippen MR) is 102 cm³/mol. The van der Waals surface area contributed by atoms with Gasteiger partial charge in [0.05, 0.1) is 25.0 Å². The molecule has 0 saturated carbocycles. The number of anilines is 1. The van der Waals surface area contributed by atoms with Crippen molar-refractivity contribution in [2.75, 3.05) is 24.6 Å². The minimum atomic E-state index is -0.167. The van der Waals surface area contributed by atoms with E-state index in [0.29, 0.717) is 6.54 Å². The molecule has 1 fully saturated rings. The van der Waals surface area contributed by atoms with E-state index >= 15 is 0 Å². The number of carbonyl (C=O) groups excluding carboxylic acids is 1. The van der Waals surface area contributed by atoms with Gasteiger partial charge in [0.15, 0.2) is 0 Å². The third kappa shape index (κ3) is 4.24. The second kappa shape index (κ2) is 8.00. The molecule has 144 valence electrons. The molecule has 2 aliphatic rings. The molecule has 2 N–H and O–H groups in total. The van der Waals surface area contributed by atoms with E-state index in [0.717, 1.165) is 61.7 Å². The van der Waals surface area contributed by atoms with Crippen molar-refractivity contribution < 1.29 is 13.9 Å². The molecule has 2 unspecified atom stereocenters. The normalized spacial score (nSPS) is 22.2. The van der Waals surface area contributed by atoms with Crippen LogP contribution in [0.5, 0.6) is 0 Å². The summed E-state index contributed by atoms with van der Waals surface area (Å²) >= 11 is 0. The monoisotopic (exact) mass is 370 g/mol. The lowest BCUT2D eigenvalue weighted by Gasteiger charge is -2.32. The minimum absolute atomic E-state index is 0.0244. The lowest BCUT2D eigenvalue weighted by atomic mass is 9.93. The van der Waals surface area contributed by atoms with Crippen molar-refractivity contribution in [1.82, 2.24) is 15.6 Å². The minimum Gasteiger partial charge on any atom is -0.469 e. The number of furan rings is 1. The van der Waals surface area contributed by atoms with Crippen molar-refractivity contribution in [3.8, 4) is 0 Å². The Morgan fingerprint density at radius 2 is 2.30 bits per heavy atom. The second-order valence-electron chi connectivity index (χ2n) is 7.22. The highest BCUT2D eigenvalue weighted by Crippen LogP contribution is 2.30. The van der Waals surface area contributed by atoms with E-state index in [1.165, 1.54) is 0 Å². The van der Waals surface area contributed by atoms with Gasteiger partial charge in [-0.15, -0.1) is 0 Å². The zero-order valence-electron chi connectivity index (χ0n) is 15.6. The van der Waals surface area contributed by atoms with Crippen LogP contribution in [0.2, 0.25) is 0 Å². The van der Waals surface area contributed by atoms with Crippen molar-refractivity contribution in [2.24, 2.45) is 0 Å². The van der Waals surface area contributed by atoms with Gasteiger partial charge in [-0.05, 0) is 37.5 Å². The first-order chi connectivity index (χ1) is 13.2. The number of nitrogens with zero attached hydrogens (tertiary/aromatic N) is 2. The summed E-state index contributed by atoms with van der Waals surface area (Å²) in [5.41, 5.74) is 2.07. The van der Waals surface area contributed by atoms with Crippen LogP contribution in [0.4, 0.5) is 10.6 Å². The molecule has 0 spiro atoms. The molecule has 0 radical (unpaired) electrons. The molecule has 1 aliphatic heterocycles. The van der Waals surface area contributed by atoms with Crippen LogP contribution in [0, 0.1) is 0 Å². The Morgan fingerprint density at radius 1 is 1.37 bits per heavy atom. The van der Waals surface area contributed by atoms with Gasteiger partial charge in [-0.1, -0.05) is 6.07 Å². The SMILES string of the molecule is CC1CN(c2ccc(CNC(=O)NC3CCCc4occc43)cn2)CCO1. The molecule has 7 nitrogen and oxygen atoms in total. The molecule has 1 aliphatic carbocycles. The van der Waals surface area contributed by atoms with Gasteiger partial charge in [-0.2, -0.15) is 0 Å². The summed E-state index contributed by atoms with van der Waals surface area (Å²) in [6.45, 7) is 4.95. The van der Waals surface area contributed by atoms with E-state index in [1.807, 2.05) is 24.4 Å². The average Bonchev–Trinajstić information content (AvgIpc) is 3.17. The van der Waals surface area contributed by atoms with Crippen molar-refractivity contribution in [2.45, 2.75) is 44.9 Å². The maximum absolute atomic E-state index is 12.3. The number of hydrogen-bond donors (Lipinski definition) is 2. The first-order valence-electron chi connectivity index (χ1n) is 9.61. The topological polar surface area (TPSA) is 79.6 Å². The van der Waals surface area contributed by atoms with E-state index in [-0.39, 0.29) is 18.2 Å². The fourth-order valence-corrected chi connectivity index (χ4v) is 3.76. The number of aryl methyl sites for hydroxylation is 1. The van der Waals surface area contributed by atoms with E-state index in [4.69, 9.17) is 9.15 Å². The number of hydrogen-bond acceptors (Lipinski definition) is 5. The molecule has 4 rings (SSSR count). The fraction of sp³-hybridized carbons (Fsp3) is 0.500. The first kappa shape index (κ1) is 17.9. The van der Waals surface area contributed by atoms with Crippen LogP contribution < -0.4 is 15.5 Å². The molecule has 7 heteroatoms. The van der Waals surface area contributed by atoms with Gasteiger partial charge < -0.3 is 24.7 Å². The van der Waals surface area contributed by atoms with Gasteiger partial charge in [-0.3, -0.25) is 0 Å². The largest absolute Gasteiger partial charge is 0.469 e. The summed E-state index contributed by atoms with van der Waals surface area (Å²) in [4.78, 5) is 19.0. The summed E-state index contributed by atoms with van der Waals surface area (Å²) < 4.78 is 11.0. The average molecular weight is 370 g/mol. The highest BCUT2D eigenvalue weighted by Gasteiger charge is 2.24. The van der Waals surface area contributed by atoms with Crippen LogP contribution >= 0.6 is 0 Å². The molecule has 1 saturated heterocycles. The Bertz CT molecular complexity index is 774. The molecule has 2 atom stereocenters. The van der Waals surface area contributed by atoms with Crippen molar-refractivity contribution >= 4 is 11.8 Å². The number of ether oxygens (including phenoxy) is 1. The lowest BCUT2D eigenvalue weighted by Crippen LogP contribution is -2.41. The molecule has 0 bridgehead atoms. The quantitative estimate of drug-likeness (QED) is 0.865. The van der Waals surface area contributed by atoms with Crippen LogP contribution in [0.1, 0.15) is 42.7 Å². The Hall–Kier alpha value is -2.54. The number of fused-ring (bicyclic) bond motifs is 1. The molecule has 2 amide bonds. The highest BCUT2D eigenvalue weighted by atomic mass is 16.5. The molecule has 0 aromatic carbocycles. The maximum Gasteiger partial charge on any atom is 0.315 e. The number of morpholine rings is 1. The second-order valence-corrected chi connectivity index (χ2v) is 7.22. The van der Waals surface area contributed by atoms with Gasteiger partial charge >= 0.3 is 6.03 Å². The maximum atomic E-state index is 12.3. The zero-order valence-corrected chi connectivity index (χ0v) is 15.6. The van der Waals surface area contributed by atoms with Crippen LogP contribution in [-0.2, 0) is 17.7 Å². The number of amides is 2. The smallest absolute Gasteiger partial charge is 0.315 e. The Morgan fingerprint density at radius 3 is 3.11 bits per heavy atom. The molecular formula is C20H26N4O3. The van der Waals surface area contributed by atoms with Crippen LogP contribution in [0.25, 0.3) is 0 Å². The predicted octanol–water partition coefficient (Wildman–Crippen LogP) is 2.78. The molecule has 2 aromatic heterocycles. The highest BCUT2D eigenvalue weighted by molar-refractivity contribution is 5.74. The third-order valence-corrected chi connectivity index (χ3v) is 5.18. The number of nitrogens with one attached hydrogen (secondary N) is 2. The van der Waals surface area contributed by atoms with E-state index in [9.17, 15) is 4.79 Å². The summed E-state index contributed by atoms with van der Waals surface area (Å²) in [6, 6.07) is 5.83. The van der Waals surface area contributed by atoms with E-state index in [2.05, 4.69) is 27.4 Å². The van der Waals surface area contributed by atoms with Crippen molar-refractivity contribution in [1.29, 1.82) is 0 Å². The molecule has 27 heavy (non-hydrogen) atoms. The number of aromatic nitrogens is 1. The van der Waals surface area contributed by atoms with Gasteiger partial charge in [0.2, 0.25) is 0 Å². The zero-order chi connectivity index (χ0) is 18.6. The van der Waals surface area contributed by atoms with Gasteiger partial charge in [0, 0.05) is 37.8 Å². The molecule has 2 aromatic rings. The number of urea groups is 1. The van der Waals surface area contributed by atoms with Crippen molar-refractivity contribution in [3.05, 3.63) is 47.5 Å². The van der Waals surface area contributed by atoms with Crippen molar-refractivity contribution in [3.63, 3.8) is 0 Å². The van der Waals surface area contributed by atoms with E-state index < -0.39 is 0 Å². The summed E-state index contributed by atoms with van der Waals surface area (Å²) in [6.07, 6.45) is 6.66. The number of carbonyl (C=O) groups is 1. The summed E-state index contributed by atoms with van der Waals surface area (Å²) in [7, 11) is 0. The standard InChI is InChI=1S/C20H26N4O3/c1-14-13-24(8-10-26-14)19-6-5-15(11-21-19)12-22-20(25)23-17-3-2-4-18-16(17)7-9-27-18/h5-7,9,11,14,17H,2-4,8,10,12-13H2,1H3,(H2,22,23,25). The van der Waals surface area contributed by atoms with Gasteiger partial charge in [-0.25, -0.2) is 9.78 Å². The lowest BCUT2D eigenvalue weighted by molar-refractivity contribution is 0.0529. The number of rotatable bonds is 4. The van der Waals surface area contributed by atoms with Gasteiger partial charge in [0.1, 0.15) is 11.6 Å². The van der Waals surface area contributed by atoms with Crippen LogP contribution in [-0.4, -0.2) is 36.8 Å². The fourth-order valence-electron chi connectivity index (χ4n) is 3.76. The third-order valence-electron chi connectivity index (χ3n) is 5.18. The van der Waals surface area contributed by atoms with E-state index in [1.54, 1.807) is 6.26 Å². The van der Waals surface area contributed by atoms with Gasteiger partial charge in [0.25, 0.3) is 0 Å². The Labute approximate surface area is 159 Å². The molecular weight excluding hydrogens is 344 g/mol. The summed E-state index contributed by atoms with van der Waals surface area (Å²) in [5, 5.41) is 5.97. The Balaban J connectivity index is 1.28. The first-order valence-corrected chi connectivity index (χ1v) is 9.61. The van der Waals surface area contributed by atoms with Crippen LogP contribution in [0.3, 0.4) is 0 Å². The van der Waals surface area contributed by atoms with Crippen LogP contribution in [0.15, 0.2) is 35.1 Å².